The summed E-state index contributed by atoms with van der Waals surface area (Å²) in [5.41, 5.74) is 1.05. The Balaban J connectivity index is 2.03. The minimum absolute atomic E-state index is 0.0845. The van der Waals surface area contributed by atoms with Crippen molar-refractivity contribution < 1.29 is 13.2 Å². The molecule has 0 saturated carbocycles. The summed E-state index contributed by atoms with van der Waals surface area (Å²) in [6.07, 6.45) is 1.65. The van der Waals surface area contributed by atoms with Crippen molar-refractivity contribution in [3.63, 3.8) is 0 Å². The first-order valence-corrected chi connectivity index (χ1v) is 8.54. The average molecular weight is 348 g/mol. The lowest BCUT2D eigenvalue weighted by Gasteiger charge is -2.08. The molecule has 2 aromatic heterocycles. The first-order chi connectivity index (χ1) is 11.2. The van der Waals surface area contributed by atoms with Crippen LogP contribution in [0, 0.1) is 0 Å². The van der Waals surface area contributed by atoms with Gasteiger partial charge in [-0.3, -0.25) is 13.9 Å². The first kappa shape index (κ1) is 16.1. The van der Waals surface area contributed by atoms with Crippen LogP contribution in [0.5, 0.6) is 0 Å². The lowest BCUT2D eigenvalue weighted by Crippen LogP contribution is -2.31. The lowest BCUT2D eigenvalue weighted by molar-refractivity contribution is 0.0973. The van der Waals surface area contributed by atoms with Gasteiger partial charge in [-0.1, -0.05) is 0 Å². The number of aromatic nitrogens is 3. The van der Waals surface area contributed by atoms with Crippen LogP contribution in [0.4, 0.5) is 0 Å². The molecule has 1 N–H and O–H groups in total. The van der Waals surface area contributed by atoms with Gasteiger partial charge in [-0.05, 0) is 30.3 Å². The molecule has 1 aromatic carbocycles. The van der Waals surface area contributed by atoms with Gasteiger partial charge < -0.3 is 4.57 Å². The van der Waals surface area contributed by atoms with Crippen molar-refractivity contribution in [3.8, 4) is 0 Å². The molecule has 3 aromatic rings. The van der Waals surface area contributed by atoms with E-state index < -0.39 is 15.9 Å². The Morgan fingerprint density at radius 3 is 2.33 bits per heavy atom. The normalized spacial score (nSPS) is 11.8. The van der Waals surface area contributed by atoms with Gasteiger partial charge in [0.15, 0.2) is 0 Å². The van der Waals surface area contributed by atoms with E-state index in [0.29, 0.717) is 11.0 Å². The molecule has 126 valence electrons. The third-order valence-electron chi connectivity index (χ3n) is 3.96. The predicted molar refractivity (Wildman–Crippen MR) is 88.2 cm³/mol. The Morgan fingerprint density at radius 2 is 1.71 bits per heavy atom. The van der Waals surface area contributed by atoms with Gasteiger partial charge in [0, 0.05) is 27.3 Å². The summed E-state index contributed by atoms with van der Waals surface area (Å²) in [4.78, 5) is 24.0. The van der Waals surface area contributed by atoms with Crippen LogP contribution in [0.1, 0.15) is 10.5 Å². The summed E-state index contributed by atoms with van der Waals surface area (Å²) >= 11 is 0. The van der Waals surface area contributed by atoms with E-state index in [1.54, 1.807) is 33.4 Å². The number of benzene rings is 1. The highest BCUT2D eigenvalue weighted by Gasteiger charge is 2.21. The van der Waals surface area contributed by atoms with Crippen LogP contribution in [0.2, 0.25) is 0 Å². The fourth-order valence-electron chi connectivity index (χ4n) is 2.58. The maximum atomic E-state index is 12.5. The van der Waals surface area contributed by atoms with Crippen molar-refractivity contribution in [2.45, 2.75) is 4.90 Å². The molecule has 2 heterocycles. The minimum atomic E-state index is -4.05. The van der Waals surface area contributed by atoms with E-state index in [4.69, 9.17) is 0 Å². The Bertz CT molecular complexity index is 1120. The molecular weight excluding hydrogens is 332 g/mol. The predicted octanol–water partition coefficient (Wildman–Crippen LogP) is 0.334. The second-order valence-corrected chi connectivity index (χ2v) is 7.17. The van der Waals surface area contributed by atoms with Gasteiger partial charge in [0.1, 0.15) is 5.69 Å². The monoisotopic (exact) mass is 348 g/mol. The number of hydrogen-bond acceptors (Lipinski definition) is 4. The molecule has 0 radical (unpaired) electrons. The van der Waals surface area contributed by atoms with E-state index in [-0.39, 0.29) is 16.3 Å². The number of sulfonamides is 1. The van der Waals surface area contributed by atoms with Gasteiger partial charge in [-0.2, -0.15) is 0 Å². The van der Waals surface area contributed by atoms with Crippen molar-refractivity contribution >= 4 is 27.0 Å². The number of rotatable bonds is 3. The average Bonchev–Trinajstić information content (AvgIpc) is 3.05. The molecule has 9 heteroatoms. The van der Waals surface area contributed by atoms with Crippen LogP contribution in [-0.2, 0) is 31.2 Å². The van der Waals surface area contributed by atoms with Gasteiger partial charge in [-0.15, -0.1) is 0 Å². The molecule has 0 aliphatic carbocycles. The van der Waals surface area contributed by atoms with Gasteiger partial charge in [0.25, 0.3) is 15.9 Å². The van der Waals surface area contributed by atoms with Gasteiger partial charge in [0.05, 0.1) is 15.9 Å². The van der Waals surface area contributed by atoms with Crippen LogP contribution >= 0.6 is 0 Å². The van der Waals surface area contributed by atoms with Crippen molar-refractivity contribution in [1.82, 2.24) is 18.4 Å². The highest BCUT2D eigenvalue weighted by atomic mass is 32.2. The smallest absolute Gasteiger partial charge is 0.328 e. The SMILES string of the molecule is Cn1cccc1C(=O)NS(=O)(=O)c1ccc2c(c1)n(C)c(=O)n2C. The Kier molecular flexibility index (Phi) is 3.60. The summed E-state index contributed by atoms with van der Waals surface area (Å²) < 4.78 is 31.3. The van der Waals surface area contributed by atoms with Crippen molar-refractivity contribution in [2.75, 3.05) is 0 Å². The molecule has 0 spiro atoms. The number of carbonyl (C=O) groups is 1. The number of amides is 1. The van der Waals surface area contributed by atoms with Crippen molar-refractivity contribution in [1.29, 1.82) is 0 Å². The molecular formula is C15H16N4O4S. The topological polar surface area (TPSA) is 95.1 Å². The summed E-state index contributed by atoms with van der Waals surface area (Å²) in [5, 5.41) is 0. The molecule has 24 heavy (non-hydrogen) atoms. The van der Waals surface area contributed by atoms with Gasteiger partial charge >= 0.3 is 5.69 Å². The van der Waals surface area contributed by atoms with E-state index in [1.807, 2.05) is 4.72 Å². The number of imidazole rings is 1. The number of aryl methyl sites for hydroxylation is 3. The maximum absolute atomic E-state index is 12.5. The van der Waals surface area contributed by atoms with E-state index in [9.17, 15) is 18.0 Å². The fourth-order valence-corrected chi connectivity index (χ4v) is 3.56. The van der Waals surface area contributed by atoms with Crippen molar-refractivity contribution in [3.05, 3.63) is 52.7 Å². The van der Waals surface area contributed by atoms with E-state index in [2.05, 4.69) is 0 Å². The molecule has 0 aliphatic rings. The Morgan fingerprint density at radius 1 is 1.04 bits per heavy atom. The maximum Gasteiger partial charge on any atom is 0.328 e. The Hall–Kier alpha value is -2.81. The molecule has 0 saturated heterocycles. The standard InChI is InChI=1S/C15H16N4O4S/c1-17-8-4-5-12(17)14(20)16-24(22,23)10-6-7-11-13(9-10)19(3)15(21)18(11)2/h4-9H,1-3H3,(H,16,20). The van der Waals surface area contributed by atoms with E-state index in [0.717, 1.165) is 0 Å². The first-order valence-electron chi connectivity index (χ1n) is 7.06. The quantitative estimate of drug-likeness (QED) is 0.738. The lowest BCUT2D eigenvalue weighted by atomic mass is 10.3. The number of fused-ring (bicyclic) bond motifs is 1. The largest absolute Gasteiger partial charge is 0.347 e. The summed E-state index contributed by atoms with van der Waals surface area (Å²) in [5.74, 6) is -0.718. The summed E-state index contributed by atoms with van der Waals surface area (Å²) in [7, 11) is 0.761. The van der Waals surface area contributed by atoms with Gasteiger partial charge in [0.2, 0.25) is 0 Å². The van der Waals surface area contributed by atoms with E-state index >= 15 is 0 Å². The number of nitrogens with one attached hydrogen (secondary N) is 1. The molecule has 1 amide bonds. The van der Waals surface area contributed by atoms with Crippen molar-refractivity contribution in [2.24, 2.45) is 21.1 Å². The number of carbonyl (C=O) groups excluding carboxylic acids is 1. The molecule has 0 atom stereocenters. The summed E-state index contributed by atoms with van der Waals surface area (Å²) in [6.45, 7) is 0. The molecule has 0 aliphatic heterocycles. The van der Waals surface area contributed by atoms with Crippen LogP contribution in [0.15, 0.2) is 46.2 Å². The molecule has 0 fully saturated rings. The third-order valence-corrected chi connectivity index (χ3v) is 5.29. The Labute approximate surface area is 138 Å². The van der Waals surface area contributed by atoms with Gasteiger partial charge in [-0.25, -0.2) is 17.9 Å². The minimum Gasteiger partial charge on any atom is -0.347 e. The van der Waals surface area contributed by atoms with E-state index in [1.165, 1.54) is 38.0 Å². The number of nitrogens with zero attached hydrogens (tertiary/aromatic N) is 3. The number of hydrogen-bond donors (Lipinski definition) is 1. The fraction of sp³-hybridized carbons (Fsp3) is 0.200. The zero-order valence-corrected chi connectivity index (χ0v) is 14.2. The molecule has 8 nitrogen and oxygen atoms in total. The second kappa shape index (κ2) is 5.38. The highest BCUT2D eigenvalue weighted by Crippen LogP contribution is 2.18. The van der Waals surface area contributed by atoms with Crippen LogP contribution in [-0.4, -0.2) is 28.0 Å². The van der Waals surface area contributed by atoms with Crippen LogP contribution < -0.4 is 10.4 Å². The molecule has 3 rings (SSSR count). The van der Waals surface area contributed by atoms with Crippen LogP contribution in [0.25, 0.3) is 11.0 Å². The molecule has 0 bridgehead atoms. The summed E-state index contributed by atoms with van der Waals surface area (Å²) in [6, 6.07) is 7.44. The molecule has 0 unspecified atom stereocenters. The second-order valence-electron chi connectivity index (χ2n) is 5.49. The third kappa shape index (κ3) is 2.42. The zero-order chi connectivity index (χ0) is 17.6. The highest BCUT2D eigenvalue weighted by molar-refractivity contribution is 7.90. The van der Waals surface area contributed by atoms with Crippen LogP contribution in [0.3, 0.4) is 0 Å². The zero-order valence-electron chi connectivity index (χ0n) is 13.3.